The molecule has 0 aliphatic heterocycles. The number of hydrogen-bond acceptors (Lipinski definition) is 7. The molecule has 0 radical (unpaired) electrons. The summed E-state index contributed by atoms with van der Waals surface area (Å²) in [5.41, 5.74) is -0.665. The van der Waals surface area contributed by atoms with Crippen LogP contribution in [0.1, 0.15) is 46.0 Å². The Hall–Kier alpha value is -1.33. The molecule has 0 bridgehead atoms. The Morgan fingerprint density at radius 1 is 1.41 bits per heavy atom. The molecule has 2 rings (SSSR count). The summed E-state index contributed by atoms with van der Waals surface area (Å²) in [5, 5.41) is 24.3. The van der Waals surface area contributed by atoms with Crippen LogP contribution in [0.2, 0.25) is 0 Å². The average molecular weight is 339 g/mol. The maximum absolute atomic E-state index is 12.1. The lowest BCUT2D eigenvalue weighted by atomic mass is 9.83. The van der Waals surface area contributed by atoms with E-state index in [1.807, 2.05) is 13.8 Å². The number of carbonyl (C=O) groups is 1. The molecule has 1 aromatic heterocycles. The van der Waals surface area contributed by atoms with Crippen molar-refractivity contribution in [3.8, 4) is 6.07 Å². The van der Waals surface area contributed by atoms with E-state index in [4.69, 9.17) is 0 Å². The van der Waals surface area contributed by atoms with Crippen LogP contribution in [-0.4, -0.2) is 33.4 Å². The number of hydrogen-bond donors (Lipinski definition) is 2. The van der Waals surface area contributed by atoms with Crippen LogP contribution in [0.3, 0.4) is 0 Å². The lowest BCUT2D eigenvalue weighted by Crippen LogP contribution is -2.49. The van der Waals surface area contributed by atoms with E-state index in [2.05, 4.69) is 26.9 Å². The molecule has 1 saturated carbocycles. The zero-order valence-electron chi connectivity index (χ0n) is 12.9. The van der Waals surface area contributed by atoms with Crippen LogP contribution >= 0.6 is 23.1 Å². The molecule has 1 aliphatic rings. The molecule has 0 saturated heterocycles. The molecule has 0 unspecified atom stereocenters. The van der Waals surface area contributed by atoms with Gasteiger partial charge in [-0.1, -0.05) is 42.4 Å². The minimum Gasteiger partial charge on any atom is -0.358 e. The van der Waals surface area contributed by atoms with Gasteiger partial charge in [0, 0.05) is 6.04 Å². The van der Waals surface area contributed by atoms with Crippen molar-refractivity contribution in [1.29, 1.82) is 5.26 Å². The first-order valence-electron chi connectivity index (χ1n) is 7.48. The summed E-state index contributed by atoms with van der Waals surface area (Å²) < 4.78 is 0.757. The number of nitriles is 1. The Morgan fingerprint density at radius 2 is 2.14 bits per heavy atom. The fourth-order valence-electron chi connectivity index (χ4n) is 2.42. The molecule has 0 aromatic carbocycles. The largest absolute Gasteiger partial charge is 0.358 e. The molecule has 1 fully saturated rings. The predicted molar refractivity (Wildman–Crippen MR) is 89.0 cm³/mol. The van der Waals surface area contributed by atoms with Gasteiger partial charge >= 0.3 is 0 Å². The van der Waals surface area contributed by atoms with Crippen LogP contribution in [0.25, 0.3) is 0 Å². The summed E-state index contributed by atoms with van der Waals surface area (Å²) in [6.07, 6.45) is 4.65. The Morgan fingerprint density at radius 3 is 2.77 bits per heavy atom. The Labute approximate surface area is 139 Å². The van der Waals surface area contributed by atoms with E-state index in [1.165, 1.54) is 23.1 Å². The Bertz CT molecular complexity index is 546. The molecule has 0 spiro atoms. The third kappa shape index (κ3) is 4.85. The summed E-state index contributed by atoms with van der Waals surface area (Å²) in [6, 6.07) is 2.60. The highest BCUT2D eigenvalue weighted by Gasteiger charge is 2.33. The Balaban J connectivity index is 1.82. The van der Waals surface area contributed by atoms with E-state index >= 15 is 0 Å². The van der Waals surface area contributed by atoms with Crippen molar-refractivity contribution < 1.29 is 4.79 Å². The van der Waals surface area contributed by atoms with Gasteiger partial charge in [0.05, 0.1) is 11.8 Å². The minimum absolute atomic E-state index is 0.109. The quantitative estimate of drug-likeness (QED) is 0.775. The van der Waals surface area contributed by atoms with Gasteiger partial charge in [0.15, 0.2) is 4.34 Å². The van der Waals surface area contributed by atoms with Crippen molar-refractivity contribution in [3.63, 3.8) is 0 Å². The number of carbonyl (C=O) groups excluding carboxylic acids is 1. The molecule has 2 N–H and O–H groups in total. The molecule has 1 amide bonds. The first-order valence-corrected chi connectivity index (χ1v) is 9.28. The summed E-state index contributed by atoms with van der Waals surface area (Å²) in [4.78, 5) is 12.1. The van der Waals surface area contributed by atoms with Gasteiger partial charge in [-0.2, -0.15) is 5.26 Å². The second-order valence-corrected chi connectivity index (χ2v) is 7.96. The fraction of sp³-hybridized carbons (Fsp3) is 0.714. The van der Waals surface area contributed by atoms with Crippen LogP contribution in [0.5, 0.6) is 0 Å². The van der Waals surface area contributed by atoms with Gasteiger partial charge in [-0.25, -0.2) is 0 Å². The molecule has 1 heterocycles. The van der Waals surface area contributed by atoms with Crippen molar-refractivity contribution in [2.45, 2.75) is 61.9 Å². The molecule has 1 aliphatic carbocycles. The molecule has 120 valence electrons. The van der Waals surface area contributed by atoms with Crippen molar-refractivity contribution in [2.75, 3.05) is 11.1 Å². The molecular weight excluding hydrogens is 318 g/mol. The number of nitrogens with one attached hydrogen (secondary N) is 2. The lowest BCUT2D eigenvalue weighted by molar-refractivity contribution is -0.120. The van der Waals surface area contributed by atoms with Crippen molar-refractivity contribution in [1.82, 2.24) is 15.5 Å². The van der Waals surface area contributed by atoms with Gasteiger partial charge in [0.25, 0.3) is 0 Å². The highest BCUT2D eigenvalue weighted by atomic mass is 32.2. The van der Waals surface area contributed by atoms with Crippen molar-refractivity contribution in [2.24, 2.45) is 0 Å². The summed E-state index contributed by atoms with van der Waals surface area (Å²) >= 11 is 2.80. The zero-order chi connectivity index (χ0) is 16.0. The summed E-state index contributed by atoms with van der Waals surface area (Å²) in [6.45, 7) is 4.07. The summed E-state index contributed by atoms with van der Waals surface area (Å²) in [5.74, 6) is 0.154. The molecule has 6 nitrogen and oxygen atoms in total. The van der Waals surface area contributed by atoms with Gasteiger partial charge in [-0.15, -0.1) is 10.2 Å². The van der Waals surface area contributed by atoms with Crippen molar-refractivity contribution in [3.05, 3.63) is 0 Å². The standard InChI is InChI=1S/C14H21N5OS2/c1-10(2)16-12-18-19-13(22-12)21-8-11(20)17-14(9-15)6-4-3-5-7-14/h10H,3-8H2,1-2H3,(H,16,18)(H,17,20). The fourth-order valence-corrected chi connectivity index (χ4v) is 4.12. The monoisotopic (exact) mass is 339 g/mol. The first-order chi connectivity index (χ1) is 10.5. The van der Waals surface area contributed by atoms with Crippen LogP contribution in [0, 0.1) is 11.3 Å². The zero-order valence-corrected chi connectivity index (χ0v) is 14.5. The van der Waals surface area contributed by atoms with E-state index in [0.717, 1.165) is 41.6 Å². The number of nitrogens with zero attached hydrogens (tertiary/aromatic N) is 3. The smallest absolute Gasteiger partial charge is 0.231 e. The van der Waals surface area contributed by atoms with Gasteiger partial charge in [-0.3, -0.25) is 4.79 Å². The van der Waals surface area contributed by atoms with Crippen LogP contribution in [-0.2, 0) is 4.79 Å². The predicted octanol–water partition coefficient (Wildman–Crippen LogP) is 2.79. The van der Waals surface area contributed by atoms with Gasteiger partial charge in [0.2, 0.25) is 11.0 Å². The third-order valence-corrected chi connectivity index (χ3v) is 5.43. The number of rotatable bonds is 6. The Kier molecular flexibility index (Phi) is 6.03. The highest BCUT2D eigenvalue weighted by Crippen LogP contribution is 2.29. The van der Waals surface area contributed by atoms with E-state index in [-0.39, 0.29) is 11.7 Å². The van der Waals surface area contributed by atoms with Crippen LogP contribution in [0.4, 0.5) is 5.13 Å². The highest BCUT2D eigenvalue weighted by molar-refractivity contribution is 8.01. The van der Waals surface area contributed by atoms with Crippen LogP contribution in [0.15, 0.2) is 4.34 Å². The van der Waals surface area contributed by atoms with E-state index in [0.29, 0.717) is 6.04 Å². The number of amides is 1. The van der Waals surface area contributed by atoms with Crippen LogP contribution < -0.4 is 10.6 Å². The maximum Gasteiger partial charge on any atom is 0.231 e. The van der Waals surface area contributed by atoms with E-state index in [9.17, 15) is 10.1 Å². The van der Waals surface area contributed by atoms with E-state index in [1.54, 1.807) is 0 Å². The third-order valence-electron chi connectivity index (χ3n) is 3.45. The summed E-state index contributed by atoms with van der Waals surface area (Å²) in [7, 11) is 0. The van der Waals surface area contributed by atoms with Gasteiger partial charge < -0.3 is 10.6 Å². The number of aromatic nitrogens is 2. The SMILES string of the molecule is CC(C)Nc1nnc(SCC(=O)NC2(C#N)CCCCC2)s1. The normalized spacial score (nSPS) is 17.0. The lowest BCUT2D eigenvalue weighted by Gasteiger charge is -2.31. The van der Waals surface area contributed by atoms with Gasteiger partial charge in [0.1, 0.15) is 5.54 Å². The molecule has 8 heteroatoms. The second kappa shape index (κ2) is 7.79. The number of anilines is 1. The van der Waals surface area contributed by atoms with Crippen molar-refractivity contribution >= 4 is 34.1 Å². The van der Waals surface area contributed by atoms with Gasteiger partial charge in [-0.05, 0) is 26.7 Å². The minimum atomic E-state index is -0.665. The average Bonchev–Trinajstić information content (AvgIpc) is 2.93. The molecular formula is C14H21N5OS2. The maximum atomic E-state index is 12.1. The molecule has 1 aromatic rings. The second-order valence-electron chi connectivity index (χ2n) is 5.76. The van der Waals surface area contributed by atoms with E-state index < -0.39 is 5.54 Å². The number of thioether (sulfide) groups is 1. The first kappa shape index (κ1) is 17.0. The topological polar surface area (TPSA) is 90.7 Å². The molecule has 0 atom stereocenters. The molecule has 22 heavy (non-hydrogen) atoms.